The van der Waals surface area contributed by atoms with Crippen LogP contribution in [0.25, 0.3) is 0 Å². The number of benzene rings is 1. The normalized spacial score (nSPS) is 25.1. The first-order valence-electron chi connectivity index (χ1n) is 8.62. The Balaban J connectivity index is 1.56. The van der Waals surface area contributed by atoms with Crippen LogP contribution in [0.2, 0.25) is 0 Å². The average Bonchev–Trinajstić information content (AvgIpc) is 3.01. The molecular formula is C18H26N2O4. The van der Waals surface area contributed by atoms with Gasteiger partial charge in [0.15, 0.2) is 0 Å². The highest BCUT2D eigenvalue weighted by atomic mass is 16.5. The number of aliphatic hydroxyl groups is 1. The summed E-state index contributed by atoms with van der Waals surface area (Å²) >= 11 is 0. The summed E-state index contributed by atoms with van der Waals surface area (Å²) in [5.41, 5.74) is 0.898. The van der Waals surface area contributed by atoms with Crippen LogP contribution in [-0.2, 0) is 16.0 Å². The summed E-state index contributed by atoms with van der Waals surface area (Å²) in [5, 5.41) is 19.0. The summed E-state index contributed by atoms with van der Waals surface area (Å²) < 4.78 is 5.38. The van der Waals surface area contributed by atoms with Crippen molar-refractivity contribution >= 4 is 5.91 Å². The largest absolute Gasteiger partial charge is 0.508 e. The Hall–Kier alpha value is -1.63. The van der Waals surface area contributed by atoms with Gasteiger partial charge in [-0.05, 0) is 23.6 Å². The second kappa shape index (κ2) is 7.96. The fourth-order valence-electron chi connectivity index (χ4n) is 3.57. The van der Waals surface area contributed by atoms with Gasteiger partial charge in [-0.1, -0.05) is 12.1 Å². The second-order valence-corrected chi connectivity index (χ2v) is 6.76. The number of nitrogens with zero attached hydrogens (tertiary/aromatic N) is 2. The van der Waals surface area contributed by atoms with Gasteiger partial charge in [-0.2, -0.15) is 0 Å². The number of phenolic OH excluding ortho intramolecular Hbond substituents is 1. The number of hydrogen-bond acceptors (Lipinski definition) is 5. The van der Waals surface area contributed by atoms with Crippen LogP contribution in [-0.4, -0.2) is 78.5 Å². The highest BCUT2D eigenvalue weighted by Gasteiger charge is 2.35. The molecule has 0 spiro atoms. The smallest absolute Gasteiger partial charge is 0.227 e. The van der Waals surface area contributed by atoms with E-state index < -0.39 is 0 Å². The van der Waals surface area contributed by atoms with Gasteiger partial charge in [0.25, 0.3) is 0 Å². The number of carbonyl (C=O) groups excluding carboxylic acids is 1. The lowest BCUT2D eigenvalue weighted by molar-refractivity contribution is -0.129. The van der Waals surface area contributed by atoms with E-state index in [1.165, 1.54) is 0 Å². The average molecular weight is 334 g/mol. The van der Waals surface area contributed by atoms with Crippen LogP contribution in [0.4, 0.5) is 0 Å². The highest BCUT2D eigenvalue weighted by molar-refractivity contribution is 5.79. The summed E-state index contributed by atoms with van der Waals surface area (Å²) in [4.78, 5) is 16.8. The van der Waals surface area contributed by atoms with Gasteiger partial charge in [-0.15, -0.1) is 0 Å². The van der Waals surface area contributed by atoms with Gasteiger partial charge in [0.1, 0.15) is 5.75 Å². The molecule has 2 saturated heterocycles. The zero-order chi connectivity index (χ0) is 16.9. The van der Waals surface area contributed by atoms with Gasteiger partial charge < -0.3 is 19.8 Å². The zero-order valence-corrected chi connectivity index (χ0v) is 13.9. The third kappa shape index (κ3) is 4.26. The van der Waals surface area contributed by atoms with Crippen LogP contribution >= 0.6 is 0 Å². The molecule has 24 heavy (non-hydrogen) atoms. The number of hydrogen-bond donors (Lipinski definition) is 2. The van der Waals surface area contributed by atoms with Crippen molar-refractivity contribution in [2.75, 3.05) is 52.5 Å². The van der Waals surface area contributed by atoms with Gasteiger partial charge >= 0.3 is 0 Å². The number of aliphatic hydroxyl groups excluding tert-OH is 1. The first kappa shape index (κ1) is 17.2. The Morgan fingerprint density at radius 3 is 2.46 bits per heavy atom. The summed E-state index contributed by atoms with van der Waals surface area (Å²) in [5.74, 6) is 0.760. The van der Waals surface area contributed by atoms with E-state index in [-0.39, 0.29) is 24.2 Å². The maximum Gasteiger partial charge on any atom is 0.227 e. The molecule has 0 aromatic heterocycles. The van der Waals surface area contributed by atoms with Crippen LogP contribution in [0.1, 0.15) is 5.56 Å². The molecule has 1 aromatic carbocycles. The minimum Gasteiger partial charge on any atom is -0.508 e. The van der Waals surface area contributed by atoms with Crippen molar-refractivity contribution in [1.29, 1.82) is 0 Å². The predicted octanol–water partition coefficient (Wildman–Crippen LogP) is 0.334. The molecule has 2 atom stereocenters. The molecule has 6 heteroatoms. The molecular weight excluding hydrogens is 308 g/mol. The Kier molecular flexibility index (Phi) is 5.71. The highest BCUT2D eigenvalue weighted by Crippen LogP contribution is 2.25. The second-order valence-electron chi connectivity index (χ2n) is 6.76. The lowest BCUT2D eigenvalue weighted by atomic mass is 9.96. The zero-order valence-electron chi connectivity index (χ0n) is 13.9. The standard InChI is InChI=1S/C18H26N2O4/c21-13-16-12-20(11-15(16)10-19-5-7-24-8-6-19)18(23)9-14-1-3-17(22)4-2-14/h1-4,15-16,21-22H,5-13H2/t15-,16-/m1/s1. The minimum atomic E-state index is 0.0867. The fourth-order valence-corrected chi connectivity index (χ4v) is 3.57. The number of carbonyl (C=O) groups is 1. The predicted molar refractivity (Wildman–Crippen MR) is 89.7 cm³/mol. The maximum atomic E-state index is 12.5. The first-order chi connectivity index (χ1) is 11.7. The number of rotatable bonds is 5. The van der Waals surface area contributed by atoms with Crippen LogP contribution in [0.15, 0.2) is 24.3 Å². The molecule has 3 rings (SSSR count). The van der Waals surface area contributed by atoms with Gasteiger partial charge in [-0.25, -0.2) is 0 Å². The lowest BCUT2D eigenvalue weighted by Gasteiger charge is -2.30. The van der Waals surface area contributed by atoms with E-state index in [2.05, 4.69) is 4.90 Å². The van der Waals surface area contributed by atoms with E-state index >= 15 is 0 Å². The molecule has 0 unspecified atom stereocenters. The first-order valence-corrected chi connectivity index (χ1v) is 8.62. The summed E-state index contributed by atoms with van der Waals surface area (Å²) in [6.07, 6.45) is 0.336. The molecule has 1 amide bonds. The maximum absolute atomic E-state index is 12.5. The number of aromatic hydroxyl groups is 1. The molecule has 0 saturated carbocycles. The van der Waals surface area contributed by atoms with E-state index in [4.69, 9.17) is 4.74 Å². The molecule has 2 aliphatic rings. The Morgan fingerprint density at radius 1 is 1.12 bits per heavy atom. The summed E-state index contributed by atoms with van der Waals surface area (Å²) in [6.45, 7) is 5.75. The number of amides is 1. The summed E-state index contributed by atoms with van der Waals surface area (Å²) in [6, 6.07) is 6.75. The number of phenols is 1. The molecule has 2 N–H and O–H groups in total. The number of morpholine rings is 1. The van der Waals surface area contributed by atoms with E-state index in [0.29, 0.717) is 25.4 Å². The molecule has 2 fully saturated rings. The summed E-state index contributed by atoms with van der Waals surface area (Å²) in [7, 11) is 0. The molecule has 2 aliphatic heterocycles. The van der Waals surface area contributed by atoms with Crippen LogP contribution in [0, 0.1) is 11.8 Å². The van der Waals surface area contributed by atoms with Crippen molar-refractivity contribution in [2.24, 2.45) is 11.8 Å². The van der Waals surface area contributed by atoms with Crippen LogP contribution in [0.5, 0.6) is 5.75 Å². The molecule has 0 radical (unpaired) electrons. The number of likely N-dealkylation sites (tertiary alicyclic amines) is 1. The Labute approximate surface area is 142 Å². The molecule has 6 nitrogen and oxygen atoms in total. The SMILES string of the molecule is O=C(Cc1ccc(O)cc1)N1C[C@@H](CN2CCOCC2)[C@@H](CO)C1. The molecule has 0 bridgehead atoms. The van der Waals surface area contributed by atoms with Crippen LogP contribution < -0.4 is 0 Å². The van der Waals surface area contributed by atoms with E-state index in [9.17, 15) is 15.0 Å². The topological polar surface area (TPSA) is 73.2 Å². The fraction of sp³-hybridized carbons (Fsp3) is 0.611. The quantitative estimate of drug-likeness (QED) is 0.812. The van der Waals surface area contributed by atoms with Crippen molar-refractivity contribution in [2.45, 2.75) is 6.42 Å². The van der Waals surface area contributed by atoms with E-state index in [1.54, 1.807) is 24.3 Å². The molecule has 132 valence electrons. The molecule has 1 aromatic rings. The van der Waals surface area contributed by atoms with Crippen molar-refractivity contribution < 1.29 is 19.7 Å². The van der Waals surface area contributed by atoms with Crippen molar-refractivity contribution in [3.63, 3.8) is 0 Å². The van der Waals surface area contributed by atoms with Crippen LogP contribution in [0.3, 0.4) is 0 Å². The van der Waals surface area contributed by atoms with E-state index in [1.807, 2.05) is 4.90 Å². The molecule has 2 heterocycles. The van der Waals surface area contributed by atoms with Gasteiger partial charge in [0.2, 0.25) is 5.91 Å². The number of ether oxygens (including phenoxy) is 1. The van der Waals surface area contributed by atoms with Gasteiger partial charge in [0.05, 0.1) is 19.6 Å². The third-order valence-electron chi connectivity index (χ3n) is 5.05. The Bertz CT molecular complexity index is 542. The monoisotopic (exact) mass is 334 g/mol. The van der Waals surface area contributed by atoms with Gasteiger partial charge in [-0.3, -0.25) is 9.69 Å². The van der Waals surface area contributed by atoms with Crippen molar-refractivity contribution in [1.82, 2.24) is 9.80 Å². The lowest BCUT2D eigenvalue weighted by Crippen LogP contribution is -2.41. The van der Waals surface area contributed by atoms with E-state index in [0.717, 1.165) is 38.4 Å². The minimum absolute atomic E-state index is 0.0867. The Morgan fingerprint density at radius 2 is 1.79 bits per heavy atom. The van der Waals surface area contributed by atoms with Crippen molar-refractivity contribution in [3.8, 4) is 5.75 Å². The van der Waals surface area contributed by atoms with Gasteiger partial charge in [0, 0.05) is 45.2 Å². The molecule has 0 aliphatic carbocycles. The third-order valence-corrected chi connectivity index (χ3v) is 5.05. The van der Waals surface area contributed by atoms with Crippen molar-refractivity contribution in [3.05, 3.63) is 29.8 Å².